The number of amides is 1. The van der Waals surface area contributed by atoms with Crippen molar-refractivity contribution < 1.29 is 14.3 Å². The molecule has 2 N–H and O–H groups in total. The van der Waals surface area contributed by atoms with E-state index in [-0.39, 0.29) is 24.4 Å². The molecule has 0 bridgehead atoms. The van der Waals surface area contributed by atoms with Gasteiger partial charge < -0.3 is 10.4 Å². The second-order valence-corrected chi connectivity index (χ2v) is 6.31. The van der Waals surface area contributed by atoms with Crippen molar-refractivity contribution >= 4 is 5.91 Å². The van der Waals surface area contributed by atoms with Crippen molar-refractivity contribution in [2.75, 3.05) is 0 Å². The zero-order valence-electron chi connectivity index (χ0n) is 13.4. The first-order valence-corrected chi connectivity index (χ1v) is 8.27. The van der Waals surface area contributed by atoms with Crippen LogP contribution in [0.2, 0.25) is 0 Å². The van der Waals surface area contributed by atoms with E-state index in [1.165, 1.54) is 18.3 Å². The van der Waals surface area contributed by atoms with Gasteiger partial charge in [0.1, 0.15) is 11.5 Å². The average Bonchev–Trinajstić information content (AvgIpc) is 3.03. The Labute approximate surface area is 140 Å². The molecule has 1 aliphatic carbocycles. The molecule has 1 aliphatic rings. The molecule has 0 unspecified atom stereocenters. The van der Waals surface area contributed by atoms with Crippen LogP contribution >= 0.6 is 0 Å². The molecule has 1 fully saturated rings. The first-order valence-electron chi connectivity index (χ1n) is 8.27. The van der Waals surface area contributed by atoms with Gasteiger partial charge in [-0.25, -0.2) is 4.39 Å². The summed E-state index contributed by atoms with van der Waals surface area (Å²) in [6, 6.07) is 9.95. The molecule has 2 aromatic rings. The standard InChI is InChI=1S/C19H21FN2O2/c20-16-6-4-13(5-7-16)10-15-2-1-3-17(15)22-19(24)18-11-14(12-23)8-9-21-18/h4-9,11,15,17,23H,1-3,10,12H2,(H,22,24)/t15-,17-/m1/s1. The first kappa shape index (κ1) is 16.6. The molecule has 5 heteroatoms. The number of aliphatic hydroxyl groups is 1. The summed E-state index contributed by atoms with van der Waals surface area (Å²) in [7, 11) is 0. The number of carbonyl (C=O) groups is 1. The predicted octanol–water partition coefficient (Wildman–Crippen LogP) is 2.85. The summed E-state index contributed by atoms with van der Waals surface area (Å²) in [4.78, 5) is 16.5. The number of halogens is 1. The molecule has 24 heavy (non-hydrogen) atoms. The second-order valence-electron chi connectivity index (χ2n) is 6.31. The highest BCUT2D eigenvalue weighted by Crippen LogP contribution is 2.29. The van der Waals surface area contributed by atoms with Crippen LogP contribution in [0.15, 0.2) is 42.6 Å². The maximum Gasteiger partial charge on any atom is 0.270 e. The average molecular weight is 328 g/mol. The minimum Gasteiger partial charge on any atom is -0.392 e. The Bertz CT molecular complexity index is 703. The van der Waals surface area contributed by atoms with E-state index in [2.05, 4.69) is 10.3 Å². The first-order chi connectivity index (χ1) is 11.7. The number of nitrogens with zero attached hydrogens (tertiary/aromatic N) is 1. The topological polar surface area (TPSA) is 62.2 Å². The Kier molecular flexibility index (Phi) is 5.20. The number of carbonyl (C=O) groups excluding carboxylic acids is 1. The fourth-order valence-corrected chi connectivity index (χ4v) is 3.33. The van der Waals surface area contributed by atoms with Crippen molar-refractivity contribution in [2.24, 2.45) is 5.92 Å². The van der Waals surface area contributed by atoms with E-state index in [1.807, 2.05) is 0 Å². The third-order valence-corrected chi connectivity index (χ3v) is 4.63. The Balaban J connectivity index is 1.64. The summed E-state index contributed by atoms with van der Waals surface area (Å²) in [6.45, 7) is -0.112. The van der Waals surface area contributed by atoms with Crippen molar-refractivity contribution in [1.29, 1.82) is 0 Å². The number of rotatable bonds is 5. The van der Waals surface area contributed by atoms with Crippen molar-refractivity contribution in [3.8, 4) is 0 Å². The number of benzene rings is 1. The van der Waals surface area contributed by atoms with Gasteiger partial charge in [-0.15, -0.1) is 0 Å². The summed E-state index contributed by atoms with van der Waals surface area (Å²) in [5, 5.41) is 12.2. The van der Waals surface area contributed by atoms with Crippen LogP contribution in [0.1, 0.15) is 40.9 Å². The molecule has 4 nitrogen and oxygen atoms in total. The number of hydrogen-bond acceptors (Lipinski definition) is 3. The van der Waals surface area contributed by atoms with Gasteiger partial charge in [0.25, 0.3) is 5.91 Å². The second kappa shape index (κ2) is 7.53. The van der Waals surface area contributed by atoms with Gasteiger partial charge in [-0.3, -0.25) is 9.78 Å². The maximum atomic E-state index is 13.0. The van der Waals surface area contributed by atoms with Crippen molar-refractivity contribution in [1.82, 2.24) is 10.3 Å². The molecule has 0 saturated heterocycles. The molecule has 2 atom stereocenters. The number of nitrogens with one attached hydrogen (secondary N) is 1. The minimum atomic E-state index is -0.232. The van der Waals surface area contributed by atoms with Gasteiger partial charge in [-0.2, -0.15) is 0 Å². The monoisotopic (exact) mass is 328 g/mol. The fourth-order valence-electron chi connectivity index (χ4n) is 3.33. The summed E-state index contributed by atoms with van der Waals surface area (Å²) in [5.74, 6) is -0.0911. The summed E-state index contributed by atoms with van der Waals surface area (Å²) in [5.41, 5.74) is 2.08. The normalized spacial score (nSPS) is 20.1. The molecule has 1 aromatic heterocycles. The van der Waals surface area contributed by atoms with Gasteiger partial charge in [0.05, 0.1) is 6.61 Å². The maximum absolute atomic E-state index is 13.0. The van der Waals surface area contributed by atoms with Gasteiger partial charge in [0.2, 0.25) is 0 Å². The molecule has 0 spiro atoms. The van der Waals surface area contributed by atoms with Crippen molar-refractivity contribution in [3.63, 3.8) is 0 Å². The molecular weight excluding hydrogens is 307 g/mol. The van der Waals surface area contributed by atoms with E-state index >= 15 is 0 Å². The van der Waals surface area contributed by atoms with E-state index in [4.69, 9.17) is 5.11 Å². The van der Waals surface area contributed by atoms with E-state index in [9.17, 15) is 9.18 Å². The number of hydrogen-bond donors (Lipinski definition) is 2. The van der Waals surface area contributed by atoms with Gasteiger partial charge in [-0.05, 0) is 60.6 Å². The van der Waals surface area contributed by atoms with Crippen LogP contribution in [0.5, 0.6) is 0 Å². The van der Waals surface area contributed by atoms with Gasteiger partial charge in [0.15, 0.2) is 0 Å². The largest absolute Gasteiger partial charge is 0.392 e. The zero-order chi connectivity index (χ0) is 16.9. The lowest BCUT2D eigenvalue weighted by Crippen LogP contribution is -2.38. The van der Waals surface area contributed by atoms with E-state index < -0.39 is 0 Å². The lowest BCUT2D eigenvalue weighted by molar-refractivity contribution is 0.0922. The Morgan fingerprint density at radius 2 is 2.00 bits per heavy atom. The Morgan fingerprint density at radius 1 is 1.21 bits per heavy atom. The third kappa shape index (κ3) is 3.97. The van der Waals surface area contributed by atoms with Gasteiger partial charge >= 0.3 is 0 Å². The molecule has 1 saturated carbocycles. The number of aromatic nitrogens is 1. The Morgan fingerprint density at radius 3 is 2.75 bits per heavy atom. The van der Waals surface area contributed by atoms with Crippen LogP contribution in [0.3, 0.4) is 0 Å². The third-order valence-electron chi connectivity index (χ3n) is 4.63. The van der Waals surface area contributed by atoms with Crippen LogP contribution in [0.25, 0.3) is 0 Å². The van der Waals surface area contributed by atoms with Crippen LogP contribution in [0, 0.1) is 11.7 Å². The number of aliphatic hydroxyl groups excluding tert-OH is 1. The summed E-state index contributed by atoms with van der Waals surface area (Å²) in [6.07, 6.45) is 5.42. The molecular formula is C19H21FN2O2. The highest BCUT2D eigenvalue weighted by atomic mass is 19.1. The highest BCUT2D eigenvalue weighted by Gasteiger charge is 2.29. The SMILES string of the molecule is O=C(N[C@@H]1CCC[C@@H]1Cc1ccc(F)cc1)c1cc(CO)ccn1. The van der Waals surface area contributed by atoms with Gasteiger partial charge in [-0.1, -0.05) is 18.6 Å². The van der Waals surface area contributed by atoms with Crippen LogP contribution in [0.4, 0.5) is 4.39 Å². The van der Waals surface area contributed by atoms with Crippen LogP contribution in [-0.2, 0) is 13.0 Å². The molecule has 3 rings (SSSR count). The number of pyridine rings is 1. The lowest BCUT2D eigenvalue weighted by Gasteiger charge is -2.21. The lowest BCUT2D eigenvalue weighted by atomic mass is 9.94. The fraction of sp³-hybridized carbons (Fsp3) is 0.368. The van der Waals surface area contributed by atoms with E-state index in [0.717, 1.165) is 31.2 Å². The minimum absolute atomic E-state index is 0.0992. The molecule has 1 amide bonds. The highest BCUT2D eigenvalue weighted by molar-refractivity contribution is 5.92. The van der Waals surface area contributed by atoms with Crippen LogP contribution in [-0.4, -0.2) is 22.0 Å². The van der Waals surface area contributed by atoms with Crippen molar-refractivity contribution in [3.05, 3.63) is 65.2 Å². The molecule has 0 aliphatic heterocycles. The zero-order valence-corrected chi connectivity index (χ0v) is 13.4. The van der Waals surface area contributed by atoms with E-state index in [1.54, 1.807) is 24.3 Å². The quantitative estimate of drug-likeness (QED) is 0.887. The molecule has 1 heterocycles. The summed E-state index contributed by atoms with van der Waals surface area (Å²) >= 11 is 0. The molecule has 0 radical (unpaired) electrons. The summed E-state index contributed by atoms with van der Waals surface area (Å²) < 4.78 is 13.0. The Hall–Kier alpha value is -2.27. The van der Waals surface area contributed by atoms with E-state index in [0.29, 0.717) is 17.2 Å². The molecule has 126 valence electrons. The molecule has 1 aromatic carbocycles. The van der Waals surface area contributed by atoms with Gasteiger partial charge in [0, 0.05) is 12.2 Å². The predicted molar refractivity (Wildman–Crippen MR) is 88.9 cm³/mol. The van der Waals surface area contributed by atoms with Crippen molar-refractivity contribution in [2.45, 2.75) is 38.3 Å². The van der Waals surface area contributed by atoms with Crippen LogP contribution < -0.4 is 5.32 Å². The smallest absolute Gasteiger partial charge is 0.270 e.